The lowest BCUT2D eigenvalue weighted by molar-refractivity contribution is -0.356. The van der Waals surface area contributed by atoms with Gasteiger partial charge < -0.3 is 107 Å². The second kappa shape index (κ2) is 34.0. The number of unbranched alkanes of at least 4 members (excludes halogenated alkanes) is 7. The van der Waals surface area contributed by atoms with Gasteiger partial charge in [-0.3, -0.25) is 0 Å². The van der Waals surface area contributed by atoms with Gasteiger partial charge in [-0.25, -0.2) is 0 Å². The van der Waals surface area contributed by atoms with Crippen LogP contribution in [0.25, 0.3) is 0 Å². The summed E-state index contributed by atoms with van der Waals surface area (Å²) in [6.45, 7) is 8.81. The first kappa shape index (κ1) is 67.2. The summed E-state index contributed by atoms with van der Waals surface area (Å²) in [4.78, 5) is 0. The van der Waals surface area contributed by atoms with Crippen LogP contribution in [0, 0.1) is 23.7 Å². The van der Waals surface area contributed by atoms with Crippen molar-refractivity contribution in [2.75, 3.05) is 6.61 Å². The number of rotatable bonds is 39. The highest BCUT2D eigenvalue weighted by atomic mass is 16.7. The van der Waals surface area contributed by atoms with Crippen molar-refractivity contribution in [1.29, 1.82) is 0 Å². The lowest BCUT2D eigenvalue weighted by Gasteiger charge is -2.47. The van der Waals surface area contributed by atoms with E-state index < -0.39 is 166 Å². The minimum atomic E-state index is -2.57. The minimum Gasteiger partial charge on any atom is -0.396 e. The molecule has 1 aliphatic heterocycles. The SMILES string of the molecule is CCCCCCCCCC[C@@H](O)C[C@]1(O)O[C@H](CC(O)C(O)C(O)C(O)C(O)CC(O)CC(O)CC(O)CC(O)C(C)C(O)C(C)C(O)CC(O)CC(O)C(O)C[C@H](C)C[C@H](C)CO)[C@@H](O)[C@H](O)[C@@H]1O. The van der Waals surface area contributed by atoms with Gasteiger partial charge in [-0.05, 0) is 56.8 Å². The van der Waals surface area contributed by atoms with Crippen LogP contribution in [0.5, 0.6) is 0 Å². The Morgan fingerprint density at radius 3 is 1.37 bits per heavy atom. The van der Waals surface area contributed by atoms with Crippen LogP contribution in [0.2, 0.25) is 0 Å². The van der Waals surface area contributed by atoms with E-state index in [1.807, 2.05) is 13.8 Å². The molecule has 0 spiro atoms. The first-order valence-corrected chi connectivity index (χ1v) is 25.9. The number of ether oxygens (including phenoxy) is 1. The molecule has 0 aromatic heterocycles. The molecule has 0 aromatic carbocycles. The van der Waals surface area contributed by atoms with Crippen LogP contribution in [-0.4, -0.2) is 230 Å². The molecular weight excluding hydrogens is 925 g/mol. The summed E-state index contributed by atoms with van der Waals surface area (Å²) < 4.78 is 5.49. The second-order valence-electron chi connectivity index (χ2n) is 21.3. The predicted molar refractivity (Wildman–Crippen MR) is 255 cm³/mol. The summed E-state index contributed by atoms with van der Waals surface area (Å²) in [6.07, 6.45) is -26.1. The Bertz CT molecular complexity index is 1330. The van der Waals surface area contributed by atoms with Crippen molar-refractivity contribution in [1.82, 2.24) is 0 Å². The molecule has 0 aliphatic carbocycles. The molecule has 1 fully saturated rings. The first-order chi connectivity index (χ1) is 32.6. The molecule has 21 nitrogen and oxygen atoms in total. The molecule has 20 N–H and O–H groups in total. The fourth-order valence-corrected chi connectivity index (χ4v) is 9.63. The smallest absolute Gasteiger partial charge is 0.197 e. The third kappa shape index (κ3) is 23.8. The van der Waals surface area contributed by atoms with Gasteiger partial charge in [0.1, 0.15) is 36.6 Å². The summed E-state index contributed by atoms with van der Waals surface area (Å²) in [7, 11) is 0. The molecule has 70 heavy (non-hydrogen) atoms. The average Bonchev–Trinajstić information content (AvgIpc) is 3.28. The molecule has 1 aliphatic rings. The van der Waals surface area contributed by atoms with Crippen molar-refractivity contribution < 1.29 is 107 Å². The zero-order valence-electron chi connectivity index (χ0n) is 42.3. The highest BCUT2D eigenvalue weighted by molar-refractivity contribution is 4.99. The zero-order chi connectivity index (χ0) is 53.6. The summed E-state index contributed by atoms with van der Waals surface area (Å²) in [5, 5.41) is 212. The van der Waals surface area contributed by atoms with Gasteiger partial charge in [0.25, 0.3) is 0 Å². The summed E-state index contributed by atoms with van der Waals surface area (Å²) >= 11 is 0. The number of hydrogen-bond acceptors (Lipinski definition) is 21. The van der Waals surface area contributed by atoms with Gasteiger partial charge in [-0.2, -0.15) is 0 Å². The van der Waals surface area contributed by atoms with Gasteiger partial charge in [0.05, 0.1) is 79.4 Å². The maximum Gasteiger partial charge on any atom is 0.197 e. The fraction of sp³-hybridized carbons (Fsp3) is 1.00. The van der Waals surface area contributed by atoms with Gasteiger partial charge in [0, 0.05) is 44.1 Å². The summed E-state index contributed by atoms with van der Waals surface area (Å²) in [5.74, 6) is -4.38. The lowest BCUT2D eigenvalue weighted by Crippen LogP contribution is -2.65. The van der Waals surface area contributed by atoms with E-state index in [1.165, 1.54) is 20.3 Å². The van der Waals surface area contributed by atoms with Crippen LogP contribution in [-0.2, 0) is 4.74 Å². The topological polar surface area (TPSA) is 414 Å². The molecule has 0 amide bonds. The molecule has 24 atom stereocenters. The van der Waals surface area contributed by atoms with Gasteiger partial charge in [0.2, 0.25) is 0 Å². The Balaban J connectivity index is 2.63. The van der Waals surface area contributed by atoms with Crippen molar-refractivity contribution in [3.05, 3.63) is 0 Å². The van der Waals surface area contributed by atoms with Crippen LogP contribution in [0.15, 0.2) is 0 Å². The summed E-state index contributed by atoms with van der Waals surface area (Å²) in [5.41, 5.74) is 0. The molecule has 0 saturated carbocycles. The van der Waals surface area contributed by atoms with E-state index in [4.69, 9.17) is 4.74 Å². The Morgan fingerprint density at radius 1 is 0.429 bits per heavy atom. The van der Waals surface area contributed by atoms with Crippen LogP contribution in [0.4, 0.5) is 0 Å². The molecular formula is C49H98O21. The van der Waals surface area contributed by atoms with Crippen molar-refractivity contribution in [3.8, 4) is 0 Å². The van der Waals surface area contributed by atoms with Crippen LogP contribution < -0.4 is 0 Å². The Kier molecular flexibility index (Phi) is 32.6. The van der Waals surface area contributed by atoms with Crippen LogP contribution >= 0.6 is 0 Å². The van der Waals surface area contributed by atoms with Crippen molar-refractivity contribution in [2.24, 2.45) is 23.7 Å². The second-order valence-corrected chi connectivity index (χ2v) is 21.3. The Morgan fingerprint density at radius 2 is 0.857 bits per heavy atom. The monoisotopic (exact) mass is 1020 g/mol. The fourth-order valence-electron chi connectivity index (χ4n) is 9.63. The zero-order valence-corrected chi connectivity index (χ0v) is 42.3. The molecule has 16 unspecified atom stereocenters. The first-order valence-electron chi connectivity index (χ1n) is 25.9. The number of aliphatic hydroxyl groups is 20. The maximum atomic E-state index is 11.1. The van der Waals surface area contributed by atoms with Gasteiger partial charge >= 0.3 is 0 Å². The van der Waals surface area contributed by atoms with Crippen LogP contribution in [0.3, 0.4) is 0 Å². The normalized spacial score (nSPS) is 28.4. The number of aliphatic hydroxyl groups excluding tert-OH is 19. The Hall–Kier alpha value is -0.840. The van der Waals surface area contributed by atoms with E-state index in [0.717, 1.165) is 38.5 Å². The molecule has 1 heterocycles. The third-order valence-corrected chi connectivity index (χ3v) is 14.4. The van der Waals surface area contributed by atoms with Crippen molar-refractivity contribution >= 4 is 0 Å². The van der Waals surface area contributed by atoms with Gasteiger partial charge in [-0.1, -0.05) is 86.0 Å². The Labute approximate surface area is 414 Å². The number of hydrogen-bond donors (Lipinski definition) is 20. The third-order valence-electron chi connectivity index (χ3n) is 14.4. The van der Waals surface area contributed by atoms with Gasteiger partial charge in [-0.15, -0.1) is 0 Å². The van der Waals surface area contributed by atoms with E-state index in [2.05, 4.69) is 6.92 Å². The highest BCUT2D eigenvalue weighted by Crippen LogP contribution is 2.35. The van der Waals surface area contributed by atoms with E-state index in [-0.39, 0.29) is 50.5 Å². The summed E-state index contributed by atoms with van der Waals surface area (Å²) in [6, 6.07) is 0. The molecule has 0 aromatic rings. The largest absolute Gasteiger partial charge is 0.396 e. The molecule has 21 heteroatoms. The highest BCUT2D eigenvalue weighted by Gasteiger charge is 2.54. The van der Waals surface area contributed by atoms with Crippen molar-refractivity contribution in [2.45, 2.75) is 278 Å². The van der Waals surface area contributed by atoms with E-state index >= 15 is 0 Å². The molecule has 1 saturated heterocycles. The van der Waals surface area contributed by atoms with Crippen molar-refractivity contribution in [3.63, 3.8) is 0 Å². The lowest BCUT2D eigenvalue weighted by atomic mass is 9.82. The maximum absolute atomic E-state index is 11.1. The molecule has 1 rings (SSSR count). The molecule has 420 valence electrons. The average molecular weight is 1020 g/mol. The minimum absolute atomic E-state index is 0.00342. The molecule has 0 bridgehead atoms. The quantitative estimate of drug-likeness (QED) is 0.0284. The van der Waals surface area contributed by atoms with E-state index in [9.17, 15) is 102 Å². The van der Waals surface area contributed by atoms with Crippen LogP contribution in [0.1, 0.15) is 157 Å². The van der Waals surface area contributed by atoms with E-state index in [0.29, 0.717) is 12.8 Å². The van der Waals surface area contributed by atoms with Gasteiger partial charge in [0.15, 0.2) is 5.79 Å². The standard InChI is InChI=1S/C49H98O21/c1-6-7-8-9-10-11-12-13-14-30(51)24-49(69)48(68)47(67)45(65)41(70-49)23-40(61)44(64)46(66)43(63)39(60)22-33(54)18-31(52)17-32(53)19-35(56)28(4)42(62)29(5)36(57)20-34(55)21-38(59)37(58)16-26(2)15-27(3)25-50/h26-48,50-69H,6-25H2,1-5H3/t26-,27+,28?,29?,30-,31?,32?,33?,34?,35?,36?,37?,38?,39?,40?,41-,42?,43?,44?,45-,46?,47+,48+,49+/m1/s1. The predicted octanol–water partition coefficient (Wildman–Crippen LogP) is -2.46. The van der Waals surface area contributed by atoms with E-state index in [1.54, 1.807) is 0 Å². The molecule has 0 radical (unpaired) electrons.